The van der Waals surface area contributed by atoms with Crippen molar-refractivity contribution in [3.05, 3.63) is 33.9 Å². The number of nitrogens with zero attached hydrogens (tertiary/aromatic N) is 4. The molecule has 0 bridgehead atoms. The summed E-state index contributed by atoms with van der Waals surface area (Å²) in [4.78, 5) is 14.7. The smallest absolute Gasteiger partial charge is 0.287 e. The lowest BCUT2D eigenvalue weighted by Crippen LogP contribution is -2.42. The fourth-order valence-corrected chi connectivity index (χ4v) is 2.59. The predicted octanol–water partition coefficient (Wildman–Crippen LogP) is 2.00. The van der Waals surface area contributed by atoms with Gasteiger partial charge in [0.15, 0.2) is 0 Å². The molecule has 0 amide bonds. The number of anilines is 1. The van der Waals surface area contributed by atoms with E-state index in [0.29, 0.717) is 6.04 Å². The average Bonchev–Trinajstić information content (AvgIpc) is 2.46. The first-order valence-electron chi connectivity index (χ1n) is 6.63. The van der Waals surface area contributed by atoms with Crippen LogP contribution >= 0.6 is 0 Å². The highest BCUT2D eigenvalue weighted by atomic mass is 16.6. The van der Waals surface area contributed by atoms with Crippen LogP contribution in [0.5, 0.6) is 0 Å². The van der Waals surface area contributed by atoms with Crippen molar-refractivity contribution < 1.29 is 4.92 Å². The third-order valence-electron chi connectivity index (χ3n) is 3.94. The first-order chi connectivity index (χ1) is 9.52. The van der Waals surface area contributed by atoms with Gasteiger partial charge in [-0.1, -0.05) is 0 Å². The third-order valence-corrected chi connectivity index (χ3v) is 3.94. The monoisotopic (exact) mass is 274 g/mol. The second-order valence-corrected chi connectivity index (χ2v) is 5.22. The van der Waals surface area contributed by atoms with Crippen molar-refractivity contribution in [2.75, 3.05) is 32.1 Å². The van der Waals surface area contributed by atoms with E-state index in [9.17, 15) is 10.1 Å². The Hall–Kier alpha value is -2.13. The van der Waals surface area contributed by atoms with Crippen molar-refractivity contribution in [1.29, 1.82) is 5.26 Å². The number of likely N-dealkylation sites (tertiary alicyclic amines) is 1. The minimum Gasteiger partial charge on any atom is -0.371 e. The molecule has 6 nitrogen and oxygen atoms in total. The van der Waals surface area contributed by atoms with Gasteiger partial charge in [-0.25, -0.2) is 0 Å². The van der Waals surface area contributed by atoms with Crippen molar-refractivity contribution in [3.8, 4) is 6.07 Å². The highest BCUT2D eigenvalue weighted by molar-refractivity contribution is 5.60. The fraction of sp³-hybridized carbons (Fsp3) is 0.500. The summed E-state index contributed by atoms with van der Waals surface area (Å²) in [6.45, 7) is 2.10. The van der Waals surface area contributed by atoms with E-state index in [1.54, 1.807) is 12.1 Å². The number of rotatable bonds is 3. The molecule has 6 heteroatoms. The molecule has 106 valence electrons. The molecule has 1 fully saturated rings. The molecule has 0 aromatic heterocycles. The van der Waals surface area contributed by atoms with Crippen LogP contribution in [0.2, 0.25) is 0 Å². The normalized spacial score (nSPS) is 16.6. The minimum absolute atomic E-state index is 0.118. The first kappa shape index (κ1) is 14.3. The number of nitriles is 1. The number of nitro benzene ring substituents is 1. The molecule has 1 heterocycles. The van der Waals surface area contributed by atoms with Gasteiger partial charge in [0.1, 0.15) is 11.6 Å². The zero-order valence-electron chi connectivity index (χ0n) is 11.7. The molecule has 1 aliphatic heterocycles. The van der Waals surface area contributed by atoms with Crippen LogP contribution in [0.4, 0.5) is 11.4 Å². The van der Waals surface area contributed by atoms with Gasteiger partial charge in [-0.15, -0.1) is 0 Å². The SMILES string of the molecule is CN1CCC(N(C)c2ccc([N+](=O)[O-])c(C#N)c2)CC1. The van der Waals surface area contributed by atoms with E-state index in [1.807, 2.05) is 13.1 Å². The summed E-state index contributed by atoms with van der Waals surface area (Å²) in [6, 6.07) is 7.06. The fourth-order valence-electron chi connectivity index (χ4n) is 2.59. The molecule has 1 aromatic rings. The zero-order chi connectivity index (χ0) is 14.7. The predicted molar refractivity (Wildman–Crippen MR) is 76.7 cm³/mol. The van der Waals surface area contributed by atoms with Gasteiger partial charge in [0.2, 0.25) is 0 Å². The quantitative estimate of drug-likeness (QED) is 0.622. The Bertz CT molecular complexity index is 545. The Morgan fingerprint density at radius 1 is 1.45 bits per heavy atom. The van der Waals surface area contributed by atoms with E-state index in [2.05, 4.69) is 16.8 Å². The van der Waals surface area contributed by atoms with Gasteiger partial charge in [-0.05, 0) is 45.1 Å². The third kappa shape index (κ3) is 2.89. The molecular formula is C14H18N4O2. The summed E-state index contributed by atoms with van der Waals surface area (Å²) >= 11 is 0. The Kier molecular flexibility index (Phi) is 4.20. The topological polar surface area (TPSA) is 73.4 Å². The van der Waals surface area contributed by atoms with Crippen molar-refractivity contribution >= 4 is 11.4 Å². The molecule has 0 unspecified atom stereocenters. The summed E-state index contributed by atoms with van der Waals surface area (Å²) < 4.78 is 0. The number of piperidine rings is 1. The number of benzene rings is 1. The lowest BCUT2D eigenvalue weighted by molar-refractivity contribution is -0.385. The molecule has 0 aliphatic carbocycles. The molecule has 0 atom stereocenters. The highest BCUT2D eigenvalue weighted by Gasteiger charge is 2.22. The van der Waals surface area contributed by atoms with Crippen molar-refractivity contribution in [3.63, 3.8) is 0 Å². The molecular weight excluding hydrogens is 256 g/mol. The Morgan fingerprint density at radius 3 is 2.65 bits per heavy atom. The zero-order valence-corrected chi connectivity index (χ0v) is 11.7. The van der Waals surface area contributed by atoms with Crippen LogP contribution in [0.1, 0.15) is 18.4 Å². The van der Waals surface area contributed by atoms with Crippen LogP contribution in [0, 0.1) is 21.4 Å². The van der Waals surface area contributed by atoms with Crippen LogP contribution in [0.15, 0.2) is 18.2 Å². The first-order valence-corrected chi connectivity index (χ1v) is 6.63. The summed E-state index contributed by atoms with van der Waals surface area (Å²) in [5, 5.41) is 19.9. The van der Waals surface area contributed by atoms with Crippen molar-refractivity contribution in [1.82, 2.24) is 4.90 Å². The summed E-state index contributed by atoms with van der Waals surface area (Å²) in [6.07, 6.45) is 2.12. The lowest BCUT2D eigenvalue weighted by Gasteiger charge is -2.36. The molecule has 20 heavy (non-hydrogen) atoms. The van der Waals surface area contributed by atoms with Gasteiger partial charge < -0.3 is 9.80 Å². The van der Waals surface area contributed by atoms with E-state index in [-0.39, 0.29) is 11.3 Å². The summed E-state index contributed by atoms with van der Waals surface area (Å²) in [5.41, 5.74) is 0.849. The van der Waals surface area contributed by atoms with Crippen molar-refractivity contribution in [2.45, 2.75) is 18.9 Å². The maximum Gasteiger partial charge on any atom is 0.287 e. The Balaban J connectivity index is 2.20. The molecule has 0 saturated carbocycles. The maximum atomic E-state index is 10.8. The van der Waals surface area contributed by atoms with Crippen LogP contribution in [0.25, 0.3) is 0 Å². The van der Waals surface area contributed by atoms with E-state index >= 15 is 0 Å². The van der Waals surface area contributed by atoms with Gasteiger partial charge in [-0.2, -0.15) is 5.26 Å². The van der Waals surface area contributed by atoms with Gasteiger partial charge >= 0.3 is 0 Å². The number of hydrogen-bond acceptors (Lipinski definition) is 5. The highest BCUT2D eigenvalue weighted by Crippen LogP contribution is 2.27. The van der Waals surface area contributed by atoms with Gasteiger partial charge in [-0.3, -0.25) is 10.1 Å². The Labute approximate surface area is 118 Å². The van der Waals surface area contributed by atoms with Gasteiger partial charge in [0.25, 0.3) is 5.69 Å². The largest absolute Gasteiger partial charge is 0.371 e. The molecule has 0 radical (unpaired) electrons. The maximum absolute atomic E-state index is 10.8. The standard InChI is InChI=1S/C14H18N4O2/c1-16-7-5-12(6-8-16)17(2)13-3-4-14(18(19)20)11(9-13)10-15/h3-4,9,12H,5-8H2,1-2H3. The summed E-state index contributed by atoms with van der Waals surface area (Å²) in [5.74, 6) is 0. The van der Waals surface area contributed by atoms with Crippen LogP contribution in [-0.2, 0) is 0 Å². The van der Waals surface area contributed by atoms with Crippen LogP contribution < -0.4 is 4.90 Å². The van der Waals surface area contributed by atoms with Gasteiger partial charge in [0, 0.05) is 24.8 Å². The van der Waals surface area contributed by atoms with E-state index in [0.717, 1.165) is 31.6 Å². The van der Waals surface area contributed by atoms with Crippen LogP contribution in [0.3, 0.4) is 0 Å². The molecule has 1 saturated heterocycles. The lowest BCUT2D eigenvalue weighted by atomic mass is 10.0. The van der Waals surface area contributed by atoms with E-state index in [1.165, 1.54) is 6.07 Å². The second-order valence-electron chi connectivity index (χ2n) is 5.22. The second kappa shape index (κ2) is 5.88. The molecule has 0 spiro atoms. The number of nitro groups is 1. The Morgan fingerprint density at radius 2 is 2.10 bits per heavy atom. The average molecular weight is 274 g/mol. The minimum atomic E-state index is -0.516. The molecule has 0 N–H and O–H groups in total. The van der Waals surface area contributed by atoms with Gasteiger partial charge in [0.05, 0.1) is 4.92 Å². The number of hydrogen-bond donors (Lipinski definition) is 0. The van der Waals surface area contributed by atoms with E-state index < -0.39 is 4.92 Å². The molecule has 1 aromatic carbocycles. The van der Waals surface area contributed by atoms with E-state index in [4.69, 9.17) is 5.26 Å². The van der Waals surface area contributed by atoms with Crippen LogP contribution in [-0.4, -0.2) is 43.0 Å². The summed E-state index contributed by atoms with van der Waals surface area (Å²) in [7, 11) is 4.09. The molecule has 1 aliphatic rings. The van der Waals surface area contributed by atoms with Crippen molar-refractivity contribution in [2.24, 2.45) is 0 Å². The molecule has 2 rings (SSSR count).